The zero-order valence-electron chi connectivity index (χ0n) is 20.2. The van der Waals surface area contributed by atoms with E-state index in [0.29, 0.717) is 24.4 Å². The van der Waals surface area contributed by atoms with Gasteiger partial charge >= 0.3 is 0 Å². The van der Waals surface area contributed by atoms with Crippen molar-refractivity contribution in [3.8, 4) is 0 Å². The van der Waals surface area contributed by atoms with Gasteiger partial charge in [-0.1, -0.05) is 60.7 Å². The lowest BCUT2D eigenvalue weighted by molar-refractivity contribution is -0.116. The maximum absolute atomic E-state index is 13.5. The molecule has 6 nitrogen and oxygen atoms in total. The molecule has 0 aliphatic carbocycles. The number of anilines is 2. The molecule has 2 N–H and O–H groups in total. The van der Waals surface area contributed by atoms with E-state index in [0.717, 1.165) is 49.2 Å². The standard InChI is InChI=1S/C29H33N3O3/c1-35-20-10-17-30-28(33)25-21-24(15-16-26(25)32-18-8-9-19-32)31-29(34)27(22-11-4-2-5-12-22)23-13-6-3-7-14-23/h2-7,11-16,21,27H,8-10,17-20H2,1H3,(H,30,33)(H,31,34). The number of nitrogens with one attached hydrogen (secondary N) is 2. The molecule has 1 fully saturated rings. The van der Waals surface area contributed by atoms with Crippen molar-refractivity contribution in [2.75, 3.05) is 43.6 Å². The third kappa shape index (κ3) is 6.28. The van der Waals surface area contributed by atoms with Crippen molar-refractivity contribution in [1.82, 2.24) is 5.32 Å². The Morgan fingerprint density at radius 2 is 1.54 bits per heavy atom. The van der Waals surface area contributed by atoms with Crippen LogP contribution in [-0.4, -0.2) is 45.2 Å². The molecule has 1 aliphatic rings. The predicted octanol–water partition coefficient (Wildman–Crippen LogP) is 4.82. The van der Waals surface area contributed by atoms with Gasteiger partial charge in [-0.25, -0.2) is 0 Å². The predicted molar refractivity (Wildman–Crippen MR) is 140 cm³/mol. The fourth-order valence-corrected chi connectivity index (χ4v) is 4.54. The van der Waals surface area contributed by atoms with Gasteiger partial charge in [-0.3, -0.25) is 9.59 Å². The van der Waals surface area contributed by atoms with Crippen molar-refractivity contribution in [3.63, 3.8) is 0 Å². The molecule has 0 aromatic heterocycles. The topological polar surface area (TPSA) is 70.7 Å². The number of carbonyl (C=O) groups excluding carboxylic acids is 2. The van der Waals surface area contributed by atoms with E-state index in [1.807, 2.05) is 72.8 Å². The van der Waals surface area contributed by atoms with Gasteiger partial charge in [0, 0.05) is 44.7 Å². The van der Waals surface area contributed by atoms with Gasteiger partial charge in [0.25, 0.3) is 5.91 Å². The van der Waals surface area contributed by atoms with Crippen LogP contribution < -0.4 is 15.5 Å². The zero-order chi connectivity index (χ0) is 24.5. The Morgan fingerprint density at radius 1 is 0.914 bits per heavy atom. The quantitative estimate of drug-likeness (QED) is 0.416. The lowest BCUT2D eigenvalue weighted by Gasteiger charge is -2.23. The Hall–Kier alpha value is -3.64. The summed E-state index contributed by atoms with van der Waals surface area (Å²) >= 11 is 0. The normalized spacial score (nSPS) is 13.1. The first-order valence-electron chi connectivity index (χ1n) is 12.2. The van der Waals surface area contributed by atoms with Gasteiger partial charge < -0.3 is 20.3 Å². The fourth-order valence-electron chi connectivity index (χ4n) is 4.54. The summed E-state index contributed by atoms with van der Waals surface area (Å²) < 4.78 is 5.09. The second kappa shape index (κ2) is 12.2. The number of hydrogen-bond donors (Lipinski definition) is 2. The third-order valence-electron chi connectivity index (χ3n) is 6.29. The van der Waals surface area contributed by atoms with Crippen LogP contribution >= 0.6 is 0 Å². The summed E-state index contributed by atoms with van der Waals surface area (Å²) in [7, 11) is 1.65. The SMILES string of the molecule is COCCCNC(=O)c1cc(NC(=O)C(c2ccccc2)c2ccccc2)ccc1N1CCCC1. The molecule has 0 radical (unpaired) electrons. The van der Waals surface area contributed by atoms with Crippen molar-refractivity contribution in [2.24, 2.45) is 0 Å². The fraction of sp³-hybridized carbons (Fsp3) is 0.310. The molecule has 4 rings (SSSR count). The van der Waals surface area contributed by atoms with Crippen molar-refractivity contribution in [3.05, 3.63) is 95.6 Å². The number of hydrogen-bond acceptors (Lipinski definition) is 4. The molecule has 0 saturated carbocycles. The lowest BCUT2D eigenvalue weighted by atomic mass is 9.90. The van der Waals surface area contributed by atoms with E-state index in [-0.39, 0.29) is 11.8 Å². The van der Waals surface area contributed by atoms with E-state index < -0.39 is 5.92 Å². The van der Waals surface area contributed by atoms with Crippen LogP contribution in [0.4, 0.5) is 11.4 Å². The molecule has 1 aliphatic heterocycles. The average Bonchev–Trinajstić information content (AvgIpc) is 3.43. The lowest BCUT2D eigenvalue weighted by Crippen LogP contribution is -2.29. The highest BCUT2D eigenvalue weighted by atomic mass is 16.5. The highest BCUT2D eigenvalue weighted by Gasteiger charge is 2.24. The van der Waals surface area contributed by atoms with Crippen LogP contribution in [0, 0.1) is 0 Å². The Balaban J connectivity index is 1.59. The minimum atomic E-state index is -0.457. The maximum atomic E-state index is 13.5. The molecule has 3 aromatic carbocycles. The molecule has 0 atom stereocenters. The van der Waals surface area contributed by atoms with Gasteiger partial charge in [0.15, 0.2) is 0 Å². The second-order valence-electron chi connectivity index (χ2n) is 8.77. The van der Waals surface area contributed by atoms with Crippen LogP contribution in [-0.2, 0) is 9.53 Å². The molecule has 2 amide bonds. The van der Waals surface area contributed by atoms with Crippen LogP contribution in [0.3, 0.4) is 0 Å². The van der Waals surface area contributed by atoms with Crippen molar-refractivity contribution in [2.45, 2.75) is 25.2 Å². The minimum absolute atomic E-state index is 0.136. The van der Waals surface area contributed by atoms with Crippen molar-refractivity contribution in [1.29, 1.82) is 0 Å². The van der Waals surface area contributed by atoms with Crippen LogP contribution in [0.25, 0.3) is 0 Å². The first-order valence-corrected chi connectivity index (χ1v) is 12.2. The van der Waals surface area contributed by atoms with Gasteiger partial charge in [0.2, 0.25) is 5.91 Å². The smallest absolute Gasteiger partial charge is 0.253 e. The monoisotopic (exact) mass is 471 g/mol. The second-order valence-corrected chi connectivity index (χ2v) is 8.77. The number of carbonyl (C=O) groups is 2. The highest BCUT2D eigenvalue weighted by Crippen LogP contribution is 2.30. The van der Waals surface area contributed by atoms with Gasteiger partial charge in [0.1, 0.15) is 0 Å². The molecule has 6 heteroatoms. The summed E-state index contributed by atoms with van der Waals surface area (Å²) in [5, 5.41) is 6.07. The minimum Gasteiger partial charge on any atom is -0.385 e. The molecule has 0 bridgehead atoms. The number of rotatable bonds is 10. The Kier molecular flexibility index (Phi) is 8.52. The summed E-state index contributed by atoms with van der Waals surface area (Å²) in [6, 6.07) is 25.1. The van der Waals surface area contributed by atoms with E-state index in [1.165, 1.54) is 0 Å². The first-order chi connectivity index (χ1) is 17.2. The van der Waals surface area contributed by atoms with Gasteiger partial charge in [-0.05, 0) is 48.6 Å². The highest BCUT2D eigenvalue weighted by molar-refractivity contribution is 6.03. The first kappa shape index (κ1) is 24.5. The van der Waals surface area contributed by atoms with Gasteiger partial charge in [-0.2, -0.15) is 0 Å². The molecular formula is C29H33N3O3. The van der Waals surface area contributed by atoms with Crippen molar-refractivity contribution >= 4 is 23.2 Å². The van der Waals surface area contributed by atoms with Crippen LogP contribution in [0.15, 0.2) is 78.9 Å². The molecule has 0 unspecified atom stereocenters. The number of amides is 2. The number of nitrogens with zero attached hydrogens (tertiary/aromatic N) is 1. The van der Waals surface area contributed by atoms with Crippen molar-refractivity contribution < 1.29 is 14.3 Å². The van der Waals surface area contributed by atoms with Gasteiger partial charge in [-0.15, -0.1) is 0 Å². The molecule has 1 saturated heterocycles. The summed E-state index contributed by atoms with van der Waals surface area (Å²) in [6.07, 6.45) is 2.97. The Labute approximate surface area is 207 Å². The summed E-state index contributed by atoms with van der Waals surface area (Å²) in [5.74, 6) is -0.730. The Morgan fingerprint density at radius 3 is 2.14 bits per heavy atom. The molecule has 1 heterocycles. The summed E-state index contributed by atoms with van der Waals surface area (Å²) in [4.78, 5) is 28.9. The maximum Gasteiger partial charge on any atom is 0.253 e. The summed E-state index contributed by atoms with van der Waals surface area (Å²) in [6.45, 7) is 2.99. The summed E-state index contributed by atoms with van der Waals surface area (Å²) in [5.41, 5.74) is 3.93. The van der Waals surface area contributed by atoms with Crippen LogP contribution in [0.2, 0.25) is 0 Å². The van der Waals surface area contributed by atoms with E-state index in [1.54, 1.807) is 13.2 Å². The number of methoxy groups -OCH3 is 1. The zero-order valence-corrected chi connectivity index (χ0v) is 20.2. The molecule has 3 aromatic rings. The van der Waals surface area contributed by atoms with Crippen LogP contribution in [0.1, 0.15) is 46.7 Å². The number of benzene rings is 3. The number of ether oxygens (including phenoxy) is 1. The van der Waals surface area contributed by atoms with E-state index in [4.69, 9.17) is 4.74 Å². The molecular weight excluding hydrogens is 438 g/mol. The van der Waals surface area contributed by atoms with E-state index >= 15 is 0 Å². The van der Waals surface area contributed by atoms with E-state index in [2.05, 4.69) is 15.5 Å². The molecule has 0 spiro atoms. The average molecular weight is 472 g/mol. The van der Waals surface area contributed by atoms with Crippen LogP contribution in [0.5, 0.6) is 0 Å². The van der Waals surface area contributed by atoms with E-state index in [9.17, 15) is 9.59 Å². The molecule has 182 valence electrons. The largest absolute Gasteiger partial charge is 0.385 e. The third-order valence-corrected chi connectivity index (χ3v) is 6.29. The Bertz CT molecular complexity index is 1070. The van der Waals surface area contributed by atoms with Gasteiger partial charge in [0.05, 0.1) is 11.5 Å². The molecule has 35 heavy (non-hydrogen) atoms.